The predicted octanol–water partition coefficient (Wildman–Crippen LogP) is 2.18. The molecule has 10 heavy (non-hydrogen) atoms. The Kier molecular flexibility index (Phi) is 1.47. The molecule has 58 valence electrons. The van der Waals surface area contributed by atoms with Crippen LogP contribution in [-0.4, -0.2) is 18.1 Å². The first-order valence-electron chi connectivity index (χ1n) is 4.00. The highest BCUT2D eigenvalue weighted by molar-refractivity contribution is 6.24. The summed E-state index contributed by atoms with van der Waals surface area (Å²) in [4.78, 5) is 0. The minimum atomic E-state index is 0.111. The summed E-state index contributed by atoms with van der Waals surface area (Å²) in [6.45, 7) is 0. The Hall–Kier alpha value is 0.250. The second kappa shape index (κ2) is 2.12. The van der Waals surface area contributed by atoms with Gasteiger partial charge >= 0.3 is 0 Å². The number of methoxy groups -OCH3 is 1. The summed E-state index contributed by atoms with van der Waals surface area (Å²) >= 11 is 6.09. The van der Waals surface area contributed by atoms with E-state index in [1.54, 1.807) is 7.11 Å². The number of ether oxygens (including phenoxy) is 1. The van der Waals surface area contributed by atoms with Gasteiger partial charge in [-0.3, -0.25) is 0 Å². The topological polar surface area (TPSA) is 9.23 Å². The first-order chi connectivity index (χ1) is 4.81. The van der Waals surface area contributed by atoms with Crippen LogP contribution in [-0.2, 0) is 4.74 Å². The average molecular weight is 161 g/mol. The highest BCUT2D eigenvalue weighted by Gasteiger charge is 2.65. The first-order valence-corrected chi connectivity index (χ1v) is 4.44. The minimum Gasteiger partial charge on any atom is -0.376 e. The Bertz CT molecular complexity index is 148. The second-order valence-corrected chi connectivity index (χ2v) is 3.88. The van der Waals surface area contributed by atoms with Gasteiger partial charge in [-0.15, -0.1) is 11.6 Å². The van der Waals surface area contributed by atoms with Gasteiger partial charge in [-0.05, 0) is 12.8 Å². The third-order valence-electron chi connectivity index (χ3n) is 3.05. The Morgan fingerprint density at radius 3 is 2.80 bits per heavy atom. The quantitative estimate of drug-likeness (QED) is 0.535. The zero-order valence-electron chi connectivity index (χ0n) is 6.27. The largest absolute Gasteiger partial charge is 0.376 e. The van der Waals surface area contributed by atoms with E-state index in [4.69, 9.17) is 16.3 Å². The van der Waals surface area contributed by atoms with E-state index < -0.39 is 0 Å². The van der Waals surface area contributed by atoms with Crippen LogP contribution in [0.3, 0.4) is 0 Å². The first kappa shape index (κ1) is 6.93. The molecule has 2 fully saturated rings. The van der Waals surface area contributed by atoms with Gasteiger partial charge in [-0.1, -0.05) is 12.8 Å². The smallest absolute Gasteiger partial charge is 0.0888 e. The van der Waals surface area contributed by atoms with E-state index in [2.05, 4.69) is 0 Å². The van der Waals surface area contributed by atoms with Gasteiger partial charge in [0.05, 0.1) is 11.0 Å². The molecule has 0 N–H and O–H groups in total. The van der Waals surface area contributed by atoms with Crippen molar-refractivity contribution in [2.45, 2.75) is 36.7 Å². The molecule has 0 aromatic rings. The Morgan fingerprint density at radius 1 is 1.50 bits per heavy atom. The normalized spacial score (nSPS) is 52.2. The van der Waals surface area contributed by atoms with Gasteiger partial charge in [0, 0.05) is 13.0 Å². The SMILES string of the molecule is COC12CCCCC1C2Cl. The van der Waals surface area contributed by atoms with E-state index in [0.717, 1.165) is 0 Å². The van der Waals surface area contributed by atoms with Crippen LogP contribution < -0.4 is 0 Å². The maximum Gasteiger partial charge on any atom is 0.0888 e. The molecular weight excluding hydrogens is 148 g/mol. The molecule has 0 radical (unpaired) electrons. The summed E-state index contributed by atoms with van der Waals surface area (Å²) in [5.74, 6) is 0.674. The van der Waals surface area contributed by atoms with Crippen LogP contribution in [0.5, 0.6) is 0 Å². The molecule has 3 atom stereocenters. The third kappa shape index (κ3) is 0.680. The lowest BCUT2D eigenvalue weighted by Crippen LogP contribution is -2.19. The Labute approximate surface area is 66.7 Å². The molecule has 2 saturated carbocycles. The van der Waals surface area contributed by atoms with Crippen molar-refractivity contribution in [3.8, 4) is 0 Å². The van der Waals surface area contributed by atoms with E-state index in [1.165, 1.54) is 25.7 Å². The zero-order chi connectivity index (χ0) is 7.19. The zero-order valence-corrected chi connectivity index (χ0v) is 7.03. The monoisotopic (exact) mass is 160 g/mol. The van der Waals surface area contributed by atoms with Gasteiger partial charge in [0.1, 0.15) is 0 Å². The van der Waals surface area contributed by atoms with Crippen molar-refractivity contribution in [1.29, 1.82) is 0 Å². The van der Waals surface area contributed by atoms with Crippen molar-refractivity contribution >= 4 is 11.6 Å². The molecule has 0 aromatic carbocycles. The molecule has 2 rings (SSSR count). The third-order valence-corrected chi connectivity index (χ3v) is 3.72. The standard InChI is InChI=1S/C8H13ClO/c1-10-8-5-3-2-4-6(8)7(8)9/h6-7H,2-5H2,1H3. The van der Waals surface area contributed by atoms with Crippen molar-refractivity contribution < 1.29 is 4.74 Å². The summed E-state index contributed by atoms with van der Waals surface area (Å²) in [6, 6.07) is 0. The lowest BCUT2D eigenvalue weighted by molar-refractivity contribution is 0.0448. The Balaban J connectivity index is 2.09. The van der Waals surface area contributed by atoms with Crippen molar-refractivity contribution in [1.82, 2.24) is 0 Å². The van der Waals surface area contributed by atoms with Gasteiger partial charge in [-0.25, -0.2) is 0 Å². The number of hydrogen-bond acceptors (Lipinski definition) is 1. The molecule has 0 spiro atoms. The molecule has 3 unspecified atom stereocenters. The summed E-state index contributed by atoms with van der Waals surface area (Å²) in [5.41, 5.74) is 0.111. The van der Waals surface area contributed by atoms with Crippen molar-refractivity contribution in [2.24, 2.45) is 5.92 Å². The summed E-state index contributed by atoms with van der Waals surface area (Å²) < 4.78 is 5.43. The molecule has 1 nitrogen and oxygen atoms in total. The molecule has 0 heterocycles. The van der Waals surface area contributed by atoms with Crippen LogP contribution in [0.15, 0.2) is 0 Å². The number of hydrogen-bond donors (Lipinski definition) is 0. The van der Waals surface area contributed by atoms with E-state index >= 15 is 0 Å². The van der Waals surface area contributed by atoms with E-state index in [0.29, 0.717) is 11.3 Å². The number of rotatable bonds is 1. The number of halogens is 1. The van der Waals surface area contributed by atoms with E-state index in [1.807, 2.05) is 0 Å². The predicted molar refractivity (Wildman–Crippen MR) is 41.3 cm³/mol. The average Bonchev–Trinajstić information content (AvgIpc) is 2.60. The van der Waals surface area contributed by atoms with Crippen LogP contribution in [0.1, 0.15) is 25.7 Å². The maximum atomic E-state index is 6.09. The van der Waals surface area contributed by atoms with Gasteiger partial charge in [0.2, 0.25) is 0 Å². The van der Waals surface area contributed by atoms with Crippen LogP contribution in [0.4, 0.5) is 0 Å². The maximum absolute atomic E-state index is 6.09. The molecule has 0 aliphatic heterocycles. The molecule has 0 aromatic heterocycles. The van der Waals surface area contributed by atoms with Crippen molar-refractivity contribution in [2.75, 3.05) is 7.11 Å². The van der Waals surface area contributed by atoms with Crippen LogP contribution in [0.25, 0.3) is 0 Å². The number of alkyl halides is 1. The highest BCUT2D eigenvalue weighted by Crippen LogP contribution is 2.59. The summed E-state index contributed by atoms with van der Waals surface area (Å²) in [6.07, 6.45) is 5.11. The molecule has 2 aliphatic carbocycles. The molecule has 2 aliphatic rings. The van der Waals surface area contributed by atoms with Gasteiger partial charge < -0.3 is 4.74 Å². The molecule has 0 amide bonds. The van der Waals surface area contributed by atoms with Gasteiger partial charge in [-0.2, -0.15) is 0 Å². The fourth-order valence-corrected chi connectivity index (χ4v) is 2.92. The fraction of sp³-hybridized carbons (Fsp3) is 1.00. The summed E-state index contributed by atoms with van der Waals surface area (Å²) in [5, 5.41) is 0.319. The molecule has 0 bridgehead atoms. The second-order valence-electron chi connectivity index (χ2n) is 3.41. The highest BCUT2D eigenvalue weighted by atomic mass is 35.5. The minimum absolute atomic E-state index is 0.111. The van der Waals surface area contributed by atoms with Crippen LogP contribution in [0.2, 0.25) is 0 Å². The lowest BCUT2D eigenvalue weighted by Gasteiger charge is -2.19. The summed E-state index contributed by atoms with van der Waals surface area (Å²) in [7, 11) is 1.79. The van der Waals surface area contributed by atoms with Gasteiger partial charge in [0.15, 0.2) is 0 Å². The van der Waals surface area contributed by atoms with Crippen molar-refractivity contribution in [3.05, 3.63) is 0 Å². The fourth-order valence-electron chi connectivity index (χ4n) is 2.29. The molecule has 2 heteroatoms. The van der Waals surface area contributed by atoms with E-state index in [-0.39, 0.29) is 5.60 Å². The Morgan fingerprint density at radius 2 is 2.30 bits per heavy atom. The van der Waals surface area contributed by atoms with E-state index in [9.17, 15) is 0 Å². The van der Waals surface area contributed by atoms with Crippen LogP contribution in [0, 0.1) is 5.92 Å². The van der Waals surface area contributed by atoms with Crippen molar-refractivity contribution in [3.63, 3.8) is 0 Å². The van der Waals surface area contributed by atoms with Gasteiger partial charge in [0.25, 0.3) is 0 Å². The molecular formula is C8H13ClO. The number of fused-ring (bicyclic) bond motifs is 1. The lowest BCUT2D eigenvalue weighted by atomic mass is 9.98. The molecule has 0 saturated heterocycles. The van der Waals surface area contributed by atoms with Crippen LogP contribution >= 0.6 is 11.6 Å².